The normalized spacial score (nSPS) is 20.2. The topological polar surface area (TPSA) is 28.2 Å². The number of hydrogen-bond donors (Lipinski definition) is 1. The van der Waals surface area contributed by atoms with Crippen LogP contribution in [0.1, 0.15) is 43.7 Å². The van der Waals surface area contributed by atoms with Crippen molar-refractivity contribution in [1.82, 2.24) is 10.3 Å². The van der Waals surface area contributed by atoms with Crippen LogP contribution >= 0.6 is 0 Å². The van der Waals surface area contributed by atoms with E-state index >= 15 is 0 Å². The predicted molar refractivity (Wildman–Crippen MR) is 77.0 cm³/mol. The highest BCUT2D eigenvalue weighted by Gasteiger charge is 2.23. The molecule has 2 heterocycles. The van der Waals surface area contributed by atoms with Crippen LogP contribution in [-0.4, -0.2) is 24.6 Å². The van der Waals surface area contributed by atoms with Gasteiger partial charge in [0.2, 0.25) is 0 Å². The molecule has 1 atom stereocenters. The molecule has 2 rings (SSSR count). The van der Waals surface area contributed by atoms with Gasteiger partial charge in [0, 0.05) is 25.3 Å². The molecule has 1 fully saturated rings. The summed E-state index contributed by atoms with van der Waals surface area (Å²) in [5, 5.41) is 3.18. The molecule has 0 radical (unpaired) electrons. The summed E-state index contributed by atoms with van der Waals surface area (Å²) in [4.78, 5) is 7.22. The summed E-state index contributed by atoms with van der Waals surface area (Å²) in [7, 11) is 1.97. The van der Waals surface area contributed by atoms with E-state index in [1.807, 2.05) is 13.2 Å². The largest absolute Gasteiger partial charge is 0.353 e. The van der Waals surface area contributed by atoms with E-state index in [-0.39, 0.29) is 0 Å². The average Bonchev–Trinajstić information content (AvgIpc) is 2.39. The number of hydrogen-bond acceptors (Lipinski definition) is 3. The van der Waals surface area contributed by atoms with E-state index in [0.717, 1.165) is 13.1 Å². The Hall–Kier alpha value is -1.09. The number of pyridine rings is 1. The maximum Gasteiger partial charge on any atom is 0.131 e. The molecule has 1 aliphatic heterocycles. The SMILES string of the molecule is CCC1CCCCN1c1ncc(CNC)cc1C. The molecule has 0 saturated carbocycles. The van der Waals surface area contributed by atoms with Crippen molar-refractivity contribution in [2.24, 2.45) is 0 Å². The molecular weight excluding hydrogens is 222 g/mol. The van der Waals surface area contributed by atoms with Gasteiger partial charge in [-0.25, -0.2) is 4.98 Å². The van der Waals surface area contributed by atoms with Crippen LogP contribution in [0.4, 0.5) is 5.82 Å². The first kappa shape index (κ1) is 13.3. The van der Waals surface area contributed by atoms with Crippen molar-refractivity contribution >= 4 is 5.82 Å². The summed E-state index contributed by atoms with van der Waals surface area (Å²) < 4.78 is 0. The Kier molecular flexibility index (Phi) is 4.59. The van der Waals surface area contributed by atoms with Gasteiger partial charge in [-0.2, -0.15) is 0 Å². The van der Waals surface area contributed by atoms with Crippen molar-refractivity contribution in [2.75, 3.05) is 18.5 Å². The minimum absolute atomic E-state index is 0.681. The molecule has 3 nitrogen and oxygen atoms in total. The van der Waals surface area contributed by atoms with Crippen molar-refractivity contribution in [1.29, 1.82) is 0 Å². The summed E-state index contributed by atoms with van der Waals surface area (Å²) in [5.41, 5.74) is 2.58. The number of piperidine rings is 1. The molecule has 0 amide bonds. The summed E-state index contributed by atoms with van der Waals surface area (Å²) in [5.74, 6) is 1.20. The number of nitrogens with one attached hydrogen (secondary N) is 1. The van der Waals surface area contributed by atoms with Gasteiger partial charge in [0.1, 0.15) is 5.82 Å². The van der Waals surface area contributed by atoms with Crippen LogP contribution in [-0.2, 0) is 6.54 Å². The maximum atomic E-state index is 4.70. The second-order valence-electron chi connectivity index (χ2n) is 5.27. The van der Waals surface area contributed by atoms with Crippen LogP contribution in [0.2, 0.25) is 0 Å². The summed E-state index contributed by atoms with van der Waals surface area (Å²) >= 11 is 0. The van der Waals surface area contributed by atoms with Crippen LogP contribution in [0.15, 0.2) is 12.3 Å². The third-order valence-electron chi connectivity index (χ3n) is 3.86. The highest BCUT2D eigenvalue weighted by atomic mass is 15.2. The van der Waals surface area contributed by atoms with Gasteiger partial charge in [0.25, 0.3) is 0 Å². The molecule has 0 aliphatic carbocycles. The number of rotatable bonds is 4. The zero-order valence-corrected chi connectivity index (χ0v) is 11.9. The smallest absolute Gasteiger partial charge is 0.131 e. The van der Waals surface area contributed by atoms with Crippen LogP contribution in [0.3, 0.4) is 0 Å². The quantitative estimate of drug-likeness (QED) is 0.886. The van der Waals surface area contributed by atoms with Gasteiger partial charge in [-0.05, 0) is 56.8 Å². The molecule has 1 aromatic rings. The molecule has 1 aliphatic rings. The van der Waals surface area contributed by atoms with Crippen molar-refractivity contribution < 1.29 is 0 Å². The zero-order valence-electron chi connectivity index (χ0n) is 11.9. The standard InChI is InChI=1S/C15H25N3/c1-4-14-7-5-6-8-18(14)15-12(2)9-13(10-16-3)11-17-15/h9,11,14,16H,4-8,10H2,1-3H3. The third kappa shape index (κ3) is 2.83. The van der Waals surface area contributed by atoms with Crippen LogP contribution in [0.5, 0.6) is 0 Å². The first-order chi connectivity index (χ1) is 8.76. The molecule has 0 bridgehead atoms. The van der Waals surface area contributed by atoms with E-state index in [1.54, 1.807) is 0 Å². The predicted octanol–water partition coefficient (Wildman–Crippen LogP) is 2.88. The van der Waals surface area contributed by atoms with Crippen molar-refractivity contribution in [3.05, 3.63) is 23.4 Å². The minimum atomic E-state index is 0.681. The first-order valence-electron chi connectivity index (χ1n) is 7.13. The Morgan fingerprint density at radius 3 is 2.94 bits per heavy atom. The van der Waals surface area contributed by atoms with Gasteiger partial charge in [-0.15, -0.1) is 0 Å². The Balaban J connectivity index is 2.21. The van der Waals surface area contributed by atoms with Gasteiger partial charge >= 0.3 is 0 Å². The van der Waals surface area contributed by atoms with E-state index < -0.39 is 0 Å². The number of anilines is 1. The molecule has 1 aromatic heterocycles. The van der Waals surface area contributed by atoms with Crippen LogP contribution in [0.25, 0.3) is 0 Å². The van der Waals surface area contributed by atoms with Crippen LogP contribution < -0.4 is 10.2 Å². The zero-order chi connectivity index (χ0) is 13.0. The average molecular weight is 247 g/mol. The second-order valence-corrected chi connectivity index (χ2v) is 5.27. The minimum Gasteiger partial charge on any atom is -0.353 e. The van der Waals surface area contributed by atoms with Crippen molar-refractivity contribution in [2.45, 2.75) is 52.1 Å². The van der Waals surface area contributed by atoms with Gasteiger partial charge < -0.3 is 10.2 Å². The van der Waals surface area contributed by atoms with Gasteiger partial charge in [-0.3, -0.25) is 0 Å². The van der Waals surface area contributed by atoms with Gasteiger partial charge in [0.05, 0.1) is 0 Å². The van der Waals surface area contributed by atoms with E-state index in [2.05, 4.69) is 30.1 Å². The van der Waals surface area contributed by atoms with Crippen molar-refractivity contribution in [3.63, 3.8) is 0 Å². The fourth-order valence-electron chi connectivity index (χ4n) is 2.93. The molecular formula is C15H25N3. The molecule has 1 unspecified atom stereocenters. The van der Waals surface area contributed by atoms with E-state index in [1.165, 1.54) is 42.6 Å². The molecule has 18 heavy (non-hydrogen) atoms. The van der Waals surface area contributed by atoms with Gasteiger partial charge in [-0.1, -0.05) is 6.92 Å². The second kappa shape index (κ2) is 6.19. The molecule has 1 N–H and O–H groups in total. The Morgan fingerprint density at radius 1 is 1.44 bits per heavy atom. The van der Waals surface area contributed by atoms with Crippen molar-refractivity contribution in [3.8, 4) is 0 Å². The van der Waals surface area contributed by atoms with Gasteiger partial charge in [0.15, 0.2) is 0 Å². The lowest BCUT2D eigenvalue weighted by Crippen LogP contribution is -2.40. The highest BCUT2D eigenvalue weighted by Crippen LogP contribution is 2.27. The Morgan fingerprint density at radius 2 is 2.28 bits per heavy atom. The van der Waals surface area contributed by atoms with E-state index in [9.17, 15) is 0 Å². The maximum absolute atomic E-state index is 4.70. The fraction of sp³-hybridized carbons (Fsp3) is 0.667. The number of aromatic nitrogens is 1. The van der Waals surface area contributed by atoms with E-state index in [0.29, 0.717) is 6.04 Å². The molecule has 0 aromatic carbocycles. The number of nitrogens with zero attached hydrogens (tertiary/aromatic N) is 2. The molecule has 0 spiro atoms. The Bertz CT molecular complexity index is 389. The monoisotopic (exact) mass is 247 g/mol. The van der Waals surface area contributed by atoms with Crippen LogP contribution in [0, 0.1) is 6.92 Å². The number of aryl methyl sites for hydroxylation is 1. The Labute approximate surface area is 111 Å². The highest BCUT2D eigenvalue weighted by molar-refractivity contribution is 5.48. The molecule has 1 saturated heterocycles. The molecule has 100 valence electrons. The summed E-state index contributed by atoms with van der Waals surface area (Å²) in [6.07, 6.45) is 7.22. The lowest BCUT2D eigenvalue weighted by molar-refractivity contribution is 0.446. The summed E-state index contributed by atoms with van der Waals surface area (Å²) in [6, 6.07) is 2.94. The summed E-state index contributed by atoms with van der Waals surface area (Å²) in [6.45, 7) is 6.53. The molecule has 3 heteroatoms. The third-order valence-corrected chi connectivity index (χ3v) is 3.86. The van der Waals surface area contributed by atoms with E-state index in [4.69, 9.17) is 4.98 Å². The lowest BCUT2D eigenvalue weighted by Gasteiger charge is -2.37. The first-order valence-corrected chi connectivity index (χ1v) is 7.13. The fourth-order valence-corrected chi connectivity index (χ4v) is 2.93. The lowest BCUT2D eigenvalue weighted by atomic mass is 9.99.